The first kappa shape index (κ1) is 115. The van der Waals surface area contributed by atoms with Gasteiger partial charge in [-0.25, -0.2) is 0 Å². The van der Waals surface area contributed by atoms with Gasteiger partial charge >= 0.3 is 0 Å². The van der Waals surface area contributed by atoms with Crippen molar-refractivity contribution in [3.8, 4) is 34.5 Å². The molecule has 17 rings (SSSR count). The van der Waals surface area contributed by atoms with E-state index in [1.54, 1.807) is 0 Å². The molecular weight excluding hydrogens is 1930 g/mol. The number of aliphatic hydroxyl groups excluding tert-OH is 12. The van der Waals surface area contributed by atoms with Gasteiger partial charge in [-0.3, -0.25) is 57.5 Å². The fraction of sp³-hybridized carbons (Fsp3) is 0.505. The van der Waals surface area contributed by atoms with Crippen molar-refractivity contribution in [3.63, 3.8) is 0 Å². The van der Waals surface area contributed by atoms with E-state index in [1.165, 1.54) is 78.2 Å². The molecule has 8 aliphatic carbocycles. The van der Waals surface area contributed by atoms with Crippen molar-refractivity contribution in [1.82, 2.24) is 38.0 Å². The molecule has 10 unspecified atom stereocenters. The van der Waals surface area contributed by atoms with Crippen LogP contribution in [-0.2, 0) is 59.1 Å². The van der Waals surface area contributed by atoms with Gasteiger partial charge in [0.15, 0.2) is 69.0 Å². The first-order chi connectivity index (χ1) is 70.2. The predicted octanol–water partition coefficient (Wildman–Crippen LogP) is 4.27. The second-order valence-corrected chi connectivity index (χ2v) is 42.0. The largest absolute Gasteiger partial charge is 0.503 e. The Labute approximate surface area is 859 Å². The summed E-state index contributed by atoms with van der Waals surface area (Å²) in [5.74, 6) is -6.78. The molecule has 149 heavy (non-hydrogen) atoms. The maximum Gasteiger partial charge on any atom is 0.271 e. The molecule has 6 aromatic heterocycles. The smallest absolute Gasteiger partial charge is 0.271 e. The van der Waals surface area contributed by atoms with Crippen LogP contribution in [0.15, 0.2) is 193 Å². The number of hydrogen-bond donors (Lipinski definition) is 19. The summed E-state index contributed by atoms with van der Waals surface area (Å²) in [4.78, 5) is 166. The normalized spacial score (nSPS) is 22.8. The third kappa shape index (κ3) is 26.3. The van der Waals surface area contributed by atoms with Gasteiger partial charge in [-0.05, 0) is 176 Å². The number of amides is 2. The van der Waals surface area contributed by atoms with Crippen molar-refractivity contribution in [2.45, 2.75) is 239 Å². The van der Waals surface area contributed by atoms with E-state index in [-0.39, 0.29) is 197 Å². The number of hydrogen-bond acceptors (Lipinski definition) is 32. The fourth-order valence-corrected chi connectivity index (χ4v) is 25.8. The number of rotatable bonds is 51. The van der Waals surface area contributed by atoms with E-state index < -0.39 is 210 Å². The zero-order valence-electron chi connectivity index (χ0n) is 81.8. The van der Waals surface area contributed by atoms with Crippen LogP contribution in [0.25, 0.3) is 0 Å². The molecule has 0 spiro atoms. The molecule has 0 aliphatic heterocycles. The van der Waals surface area contributed by atoms with Crippen LogP contribution in [0.1, 0.15) is 223 Å². The number of Topliss-reactive ketones (excluding diaryl/α,β-unsaturated/α-hetero) is 4. The molecule has 8 aliphatic rings. The molecule has 8 fully saturated rings. The number of benzene rings is 3. The van der Waals surface area contributed by atoms with Gasteiger partial charge in [-0.15, -0.1) is 0 Å². The number of carbonyl (C=O) groups excluding carboxylic acids is 6. The number of carbonyl (C=O) groups is 6. The molecule has 0 radical (unpaired) electrons. The highest BCUT2D eigenvalue weighted by molar-refractivity contribution is 6.00. The van der Waals surface area contributed by atoms with Gasteiger partial charge in [-0.1, -0.05) is 106 Å². The van der Waals surface area contributed by atoms with Crippen molar-refractivity contribution in [2.24, 2.45) is 54.8 Å². The molecule has 14 atom stereocenters. The van der Waals surface area contributed by atoms with Crippen LogP contribution in [0, 0.1) is 43.3 Å². The van der Waals surface area contributed by atoms with Gasteiger partial charge < -0.3 is 140 Å². The highest BCUT2D eigenvalue weighted by atomic mass is 16.5. The monoisotopic (exact) mass is 2070 g/mol. The third-order valence-electron chi connectivity index (χ3n) is 30.4. The number of nitrogens with zero attached hydrogens (tertiary/aromatic N) is 6. The molecule has 8 bridgehead atoms. The molecule has 8 saturated carbocycles. The third-order valence-corrected chi connectivity index (χ3v) is 30.4. The predicted molar refractivity (Wildman–Crippen MR) is 545 cm³/mol. The standard InChI is InChI=1S/C64H75N5O15.C43H57N5O15.2CH4/c65-41-63-36-61(21-16-49(76)54-57(82-32-43-10-4-1-5-11-43)51(78)18-23-67(54)26-46(73)29-70)35-62(37-63,22-17-50(77)55-58(83-33-44-12-6-2-7-13-44)52(79)19-24-68(55)27-47(74)30-71)39-64(38-61,40-63)42-66-60(81)56-59(84-34-45-14-8-3-9-15-45)53(80)20-25-69(56)28-48(75)31-72;44-23-42-18-40(6-1-28(55)33-36(60)30(57)3-8-46(33)11-25(52)14-49)17-41(19-42,7-2-29(56)34-37(61)31(58)4-9-47(34)12-26(53)15-50)21-43(20-40,22-42)24-45-39(63)35-38(62)32(59)5-10-48(35)13-27(54)16-51;;/h1-15,18-20,23-25,46-48,70-75H,16-17,21-22,26-42,65H2,(H,66,81);3-5,8-10,25-27,49-54,60-62H,1-2,6-7,11-24,44H2,(H,45,63);2*1H4/t46?,47?,48?,61-,62+,63?,64?;25?,26?,27?,40-,41+,42?,43?;;. The Morgan fingerprint density at radius 2 is 0.497 bits per heavy atom. The molecule has 3 aromatic carbocycles. The van der Waals surface area contributed by atoms with E-state index in [1.807, 2.05) is 91.0 Å². The van der Waals surface area contributed by atoms with Crippen molar-refractivity contribution in [2.75, 3.05) is 65.8 Å². The van der Waals surface area contributed by atoms with E-state index in [0.29, 0.717) is 77.0 Å². The summed E-state index contributed by atoms with van der Waals surface area (Å²) < 4.78 is 26.2. The summed E-state index contributed by atoms with van der Waals surface area (Å²) in [5.41, 5.74) is 4.85. The number of pyridine rings is 6. The number of aromatic hydroxyl groups is 3. The van der Waals surface area contributed by atoms with Crippen LogP contribution in [0.2, 0.25) is 0 Å². The SMILES string of the molecule is C.C.NCC12CC3(CNC(=O)c4c(O)c(=O)ccn4CC(O)CO)C[C@](CCC(=O)c4c(O)c(=O)ccn4CC(O)CO)(C1)C[C@](CCC(=O)c1c(O)c(=O)ccn1CC(O)CO)(C2)C3.NCC12CC3(CNC(=O)c4c(OCc5ccccc5)c(=O)ccn4CC(O)CO)C[C@](CCC(=O)c4c(OCc5ccccc5)c(=O)ccn4CC(O)CO)(C1)C[C@](CCC(=O)c1c(OCc4ccccc4)c(=O)ccn1CC(O)CO)(C2)C3. The lowest BCUT2D eigenvalue weighted by Crippen LogP contribution is -2.65. The second-order valence-electron chi connectivity index (χ2n) is 42.0. The molecule has 21 N–H and O–H groups in total. The van der Waals surface area contributed by atoms with Gasteiger partial charge in [-0.2, -0.15) is 0 Å². The first-order valence-electron chi connectivity index (χ1n) is 49.5. The molecule has 0 saturated heterocycles. The maximum absolute atomic E-state index is 15.1. The van der Waals surface area contributed by atoms with Crippen molar-refractivity contribution in [3.05, 3.63) is 277 Å². The van der Waals surface area contributed by atoms with E-state index >= 15 is 9.59 Å². The molecule has 2 amide bonds. The molecule has 40 heteroatoms. The van der Waals surface area contributed by atoms with Gasteiger partial charge in [0.2, 0.25) is 32.6 Å². The summed E-state index contributed by atoms with van der Waals surface area (Å²) >= 11 is 0. The minimum atomic E-state index is -1.32. The summed E-state index contributed by atoms with van der Waals surface area (Å²) in [6, 6.07) is 34.1. The summed E-state index contributed by atoms with van der Waals surface area (Å²) in [6.45, 7) is -5.11. The molecular formula is C109H140N10O30. The van der Waals surface area contributed by atoms with Crippen molar-refractivity contribution >= 4 is 34.9 Å². The van der Waals surface area contributed by atoms with Gasteiger partial charge in [0, 0.05) is 112 Å². The summed E-state index contributed by atoms with van der Waals surface area (Å²) in [6.07, 6.45) is 6.64. The lowest BCUT2D eigenvalue weighted by Gasteiger charge is -2.71. The van der Waals surface area contributed by atoms with Gasteiger partial charge in [0.25, 0.3) is 11.8 Å². The Balaban J connectivity index is 0.000000272. The molecule has 40 nitrogen and oxygen atoms in total. The lowest BCUT2D eigenvalue weighted by molar-refractivity contribution is -0.200. The first-order valence-corrected chi connectivity index (χ1v) is 49.5. The summed E-state index contributed by atoms with van der Waals surface area (Å²) in [5, 5.41) is 159. The number of nitrogens with two attached hydrogens (primary N) is 2. The second kappa shape index (κ2) is 48.9. The summed E-state index contributed by atoms with van der Waals surface area (Å²) in [7, 11) is 0. The van der Waals surface area contributed by atoms with Crippen molar-refractivity contribution in [1.29, 1.82) is 0 Å². The maximum atomic E-state index is 15.1. The van der Waals surface area contributed by atoms with Crippen LogP contribution in [0.3, 0.4) is 0 Å². The molecule has 9 aromatic rings. The molecule has 806 valence electrons. The highest BCUT2D eigenvalue weighted by Crippen LogP contribution is 2.77. The zero-order valence-corrected chi connectivity index (χ0v) is 81.8. The average molecular weight is 2070 g/mol. The number of aromatic nitrogens is 6. The fourth-order valence-electron chi connectivity index (χ4n) is 25.8. The van der Waals surface area contributed by atoms with E-state index in [4.69, 9.17) is 25.7 Å². The quantitative estimate of drug-likeness (QED) is 0.0237. The van der Waals surface area contributed by atoms with Gasteiger partial charge in [0.1, 0.15) is 42.6 Å². The van der Waals surface area contributed by atoms with E-state index in [9.17, 15) is 125 Å². The topological polar surface area (TPSA) is 642 Å². The Morgan fingerprint density at radius 1 is 0.289 bits per heavy atom. The lowest BCUT2D eigenvalue weighted by atomic mass is 9.34. The minimum absolute atomic E-state index is 0. The van der Waals surface area contributed by atoms with Crippen LogP contribution < -0.4 is 68.9 Å². The van der Waals surface area contributed by atoms with E-state index in [0.717, 1.165) is 39.5 Å². The Kier molecular flexibility index (Phi) is 37.7. The Morgan fingerprint density at radius 3 is 0.765 bits per heavy atom. The number of nitrogens with one attached hydrogen (secondary N) is 2. The number of ketones is 4. The molecule has 6 heterocycles. The zero-order chi connectivity index (χ0) is 106. The highest BCUT2D eigenvalue weighted by Gasteiger charge is 2.69. The minimum Gasteiger partial charge on any atom is -0.503 e. The Bertz CT molecular complexity index is 6010. The Hall–Kier alpha value is -12.8. The van der Waals surface area contributed by atoms with Crippen LogP contribution in [-0.4, -0.2) is 241 Å². The van der Waals surface area contributed by atoms with Gasteiger partial charge in [0.05, 0.1) is 116 Å². The van der Waals surface area contributed by atoms with Crippen LogP contribution in [0.5, 0.6) is 34.5 Å². The van der Waals surface area contributed by atoms with E-state index in [2.05, 4.69) is 10.6 Å². The van der Waals surface area contributed by atoms with Crippen molar-refractivity contribution < 1.29 is 120 Å². The number of aliphatic hydroxyl groups is 12. The van der Waals surface area contributed by atoms with Crippen LogP contribution >= 0.6 is 0 Å². The average Bonchev–Trinajstić information content (AvgIpc) is 0.687. The number of ether oxygens (including phenoxy) is 3. The van der Waals surface area contributed by atoms with Crippen LogP contribution in [0.4, 0.5) is 0 Å².